The molecule has 0 amide bonds. The number of hydrogen-bond donors (Lipinski definition) is 1. The average Bonchev–Trinajstić information content (AvgIpc) is 2.18. The predicted octanol–water partition coefficient (Wildman–Crippen LogP) is 3.92. The summed E-state index contributed by atoms with van der Waals surface area (Å²) in [4.78, 5) is 0. The van der Waals surface area contributed by atoms with Crippen LogP contribution in [0.25, 0.3) is 0 Å². The molecule has 0 saturated heterocycles. The summed E-state index contributed by atoms with van der Waals surface area (Å²) in [5, 5.41) is 0. The summed E-state index contributed by atoms with van der Waals surface area (Å²) < 4.78 is 0. The van der Waals surface area contributed by atoms with Gasteiger partial charge in [0.1, 0.15) is 0 Å². The van der Waals surface area contributed by atoms with E-state index in [0.29, 0.717) is 0 Å². The Morgan fingerprint density at radius 1 is 1.27 bits per heavy atom. The molecule has 0 radical (unpaired) electrons. The van der Waals surface area contributed by atoms with Gasteiger partial charge in [0, 0.05) is 6.04 Å². The number of nitrogens with two attached hydrogens (primary N) is 1. The molecule has 0 aliphatic rings. The first-order valence-electron chi connectivity index (χ1n) is 5.48. The lowest BCUT2D eigenvalue weighted by atomic mass is 9.96. The van der Waals surface area contributed by atoms with Crippen LogP contribution in [-0.4, -0.2) is 0 Å². The molecule has 1 aromatic carbocycles. The van der Waals surface area contributed by atoms with Gasteiger partial charge in [0.05, 0.1) is 0 Å². The van der Waals surface area contributed by atoms with Crippen LogP contribution in [0.15, 0.2) is 18.2 Å². The van der Waals surface area contributed by atoms with Crippen LogP contribution in [0, 0.1) is 13.8 Å². The highest BCUT2D eigenvalue weighted by Gasteiger charge is 2.07. The molecule has 1 atom stereocenters. The Morgan fingerprint density at radius 3 is 2.53 bits per heavy atom. The van der Waals surface area contributed by atoms with Crippen molar-refractivity contribution in [3.63, 3.8) is 0 Å². The van der Waals surface area contributed by atoms with Gasteiger partial charge in [0.15, 0.2) is 0 Å². The standard InChI is InChI=1S/C13H21N.ClH/c1-4-5-6-13(14)12-9-10(2)7-8-11(12)3;/h7-9,13H,4-6,14H2,1-3H3;1H/t13-;/m0./s1. The van der Waals surface area contributed by atoms with Crippen molar-refractivity contribution in [2.45, 2.75) is 46.1 Å². The van der Waals surface area contributed by atoms with Crippen LogP contribution in [0.1, 0.15) is 48.9 Å². The lowest BCUT2D eigenvalue weighted by Gasteiger charge is -2.15. The molecule has 2 heteroatoms. The van der Waals surface area contributed by atoms with Gasteiger partial charge in [-0.3, -0.25) is 0 Å². The van der Waals surface area contributed by atoms with Crippen LogP contribution < -0.4 is 5.73 Å². The molecule has 0 saturated carbocycles. The summed E-state index contributed by atoms with van der Waals surface area (Å²) in [5.41, 5.74) is 10.1. The molecule has 1 aromatic rings. The van der Waals surface area contributed by atoms with E-state index < -0.39 is 0 Å². The predicted molar refractivity (Wildman–Crippen MR) is 69.6 cm³/mol. The van der Waals surface area contributed by atoms with Crippen LogP contribution in [0.3, 0.4) is 0 Å². The Kier molecular flexibility index (Phi) is 6.62. The zero-order valence-electron chi connectivity index (χ0n) is 9.92. The second kappa shape index (κ2) is 6.86. The Labute approximate surface area is 99.5 Å². The van der Waals surface area contributed by atoms with Gasteiger partial charge in [-0.1, -0.05) is 43.5 Å². The van der Waals surface area contributed by atoms with Crippen molar-refractivity contribution in [2.75, 3.05) is 0 Å². The minimum atomic E-state index is 0. The molecular formula is C13H22ClN. The van der Waals surface area contributed by atoms with Crippen molar-refractivity contribution >= 4 is 12.4 Å². The molecule has 0 aromatic heterocycles. The Hall–Kier alpha value is -0.530. The van der Waals surface area contributed by atoms with E-state index in [-0.39, 0.29) is 18.4 Å². The zero-order chi connectivity index (χ0) is 10.6. The summed E-state index contributed by atoms with van der Waals surface area (Å²) in [6.45, 7) is 6.46. The van der Waals surface area contributed by atoms with Crippen LogP contribution in [0.5, 0.6) is 0 Å². The van der Waals surface area contributed by atoms with E-state index in [9.17, 15) is 0 Å². The third-order valence-electron chi connectivity index (χ3n) is 2.70. The largest absolute Gasteiger partial charge is 0.324 e. The fraction of sp³-hybridized carbons (Fsp3) is 0.538. The normalized spacial score (nSPS) is 12.0. The van der Waals surface area contributed by atoms with E-state index in [1.54, 1.807) is 0 Å². The monoisotopic (exact) mass is 227 g/mol. The van der Waals surface area contributed by atoms with Crippen molar-refractivity contribution in [1.29, 1.82) is 0 Å². The smallest absolute Gasteiger partial charge is 0.0297 e. The minimum absolute atomic E-state index is 0. The van der Waals surface area contributed by atoms with Crippen LogP contribution >= 0.6 is 12.4 Å². The van der Waals surface area contributed by atoms with Gasteiger partial charge < -0.3 is 5.73 Å². The first-order chi connectivity index (χ1) is 6.65. The first kappa shape index (κ1) is 14.5. The molecule has 86 valence electrons. The SMILES string of the molecule is CCCC[C@H](N)c1cc(C)ccc1C.Cl. The highest BCUT2D eigenvalue weighted by Crippen LogP contribution is 2.21. The summed E-state index contributed by atoms with van der Waals surface area (Å²) in [5.74, 6) is 0. The maximum Gasteiger partial charge on any atom is 0.0297 e. The Morgan fingerprint density at radius 2 is 1.93 bits per heavy atom. The molecule has 0 bridgehead atoms. The molecule has 0 heterocycles. The second-order valence-electron chi connectivity index (χ2n) is 4.11. The molecule has 0 aliphatic carbocycles. The van der Waals surface area contributed by atoms with E-state index in [1.807, 2.05) is 0 Å². The van der Waals surface area contributed by atoms with E-state index in [2.05, 4.69) is 39.0 Å². The maximum atomic E-state index is 6.15. The topological polar surface area (TPSA) is 26.0 Å². The number of halogens is 1. The van der Waals surface area contributed by atoms with E-state index in [4.69, 9.17) is 5.73 Å². The highest BCUT2D eigenvalue weighted by molar-refractivity contribution is 5.85. The van der Waals surface area contributed by atoms with Gasteiger partial charge in [-0.15, -0.1) is 12.4 Å². The lowest BCUT2D eigenvalue weighted by Crippen LogP contribution is -2.11. The number of benzene rings is 1. The molecule has 0 unspecified atom stereocenters. The lowest BCUT2D eigenvalue weighted by molar-refractivity contribution is 0.600. The van der Waals surface area contributed by atoms with Gasteiger partial charge in [-0.25, -0.2) is 0 Å². The molecule has 0 fully saturated rings. The molecule has 15 heavy (non-hydrogen) atoms. The average molecular weight is 228 g/mol. The number of aryl methyl sites for hydroxylation is 2. The quantitative estimate of drug-likeness (QED) is 0.829. The van der Waals surface area contributed by atoms with Gasteiger partial charge >= 0.3 is 0 Å². The van der Waals surface area contributed by atoms with Crippen molar-refractivity contribution < 1.29 is 0 Å². The number of unbranched alkanes of at least 4 members (excludes halogenated alkanes) is 1. The summed E-state index contributed by atoms with van der Waals surface area (Å²) >= 11 is 0. The third-order valence-corrected chi connectivity index (χ3v) is 2.70. The van der Waals surface area contributed by atoms with Crippen molar-refractivity contribution in [2.24, 2.45) is 5.73 Å². The molecular weight excluding hydrogens is 206 g/mol. The molecule has 2 N–H and O–H groups in total. The Bertz CT molecular complexity index is 297. The Balaban J connectivity index is 0.00000196. The van der Waals surface area contributed by atoms with Gasteiger partial charge in [-0.05, 0) is 31.4 Å². The van der Waals surface area contributed by atoms with Gasteiger partial charge in [-0.2, -0.15) is 0 Å². The molecule has 1 rings (SSSR count). The maximum absolute atomic E-state index is 6.15. The first-order valence-corrected chi connectivity index (χ1v) is 5.48. The second-order valence-corrected chi connectivity index (χ2v) is 4.11. The van der Waals surface area contributed by atoms with E-state index in [1.165, 1.54) is 29.5 Å². The molecule has 0 aliphatic heterocycles. The van der Waals surface area contributed by atoms with Crippen molar-refractivity contribution in [3.8, 4) is 0 Å². The fourth-order valence-corrected chi connectivity index (χ4v) is 1.74. The van der Waals surface area contributed by atoms with Crippen LogP contribution in [0.4, 0.5) is 0 Å². The fourth-order valence-electron chi connectivity index (χ4n) is 1.74. The molecule has 0 spiro atoms. The summed E-state index contributed by atoms with van der Waals surface area (Å²) in [6, 6.07) is 6.74. The minimum Gasteiger partial charge on any atom is -0.324 e. The van der Waals surface area contributed by atoms with Crippen LogP contribution in [-0.2, 0) is 0 Å². The van der Waals surface area contributed by atoms with Crippen molar-refractivity contribution in [1.82, 2.24) is 0 Å². The number of hydrogen-bond acceptors (Lipinski definition) is 1. The van der Waals surface area contributed by atoms with Gasteiger partial charge in [0.25, 0.3) is 0 Å². The van der Waals surface area contributed by atoms with E-state index >= 15 is 0 Å². The summed E-state index contributed by atoms with van der Waals surface area (Å²) in [7, 11) is 0. The van der Waals surface area contributed by atoms with Crippen LogP contribution in [0.2, 0.25) is 0 Å². The third kappa shape index (κ3) is 4.23. The number of rotatable bonds is 4. The van der Waals surface area contributed by atoms with E-state index in [0.717, 1.165) is 6.42 Å². The van der Waals surface area contributed by atoms with Crippen molar-refractivity contribution in [3.05, 3.63) is 34.9 Å². The molecule has 1 nitrogen and oxygen atoms in total. The summed E-state index contributed by atoms with van der Waals surface area (Å²) in [6.07, 6.45) is 3.54. The van der Waals surface area contributed by atoms with Gasteiger partial charge in [0.2, 0.25) is 0 Å². The zero-order valence-corrected chi connectivity index (χ0v) is 10.7. The highest BCUT2D eigenvalue weighted by atomic mass is 35.5.